The second-order valence-corrected chi connectivity index (χ2v) is 4.62. The normalized spacial score (nSPS) is 14.7. The van der Waals surface area contributed by atoms with Gasteiger partial charge in [-0.15, -0.1) is 0 Å². The van der Waals surface area contributed by atoms with Gasteiger partial charge in [-0.2, -0.15) is 0 Å². The van der Waals surface area contributed by atoms with E-state index in [2.05, 4.69) is 0 Å². The number of alkyl halides is 2. The second kappa shape index (κ2) is 7.77. The molecule has 0 rings (SSSR count). The molecule has 0 aromatic carbocycles. The molecule has 0 aliphatic carbocycles. The van der Waals surface area contributed by atoms with Crippen molar-refractivity contribution in [2.75, 3.05) is 0 Å². The van der Waals surface area contributed by atoms with Crippen LogP contribution in [-0.2, 0) is 0 Å². The van der Waals surface area contributed by atoms with Gasteiger partial charge >= 0.3 is 11.8 Å². The molecule has 2 N–H and O–H groups in total. The zero-order valence-corrected chi connectivity index (χ0v) is 11.7. The highest BCUT2D eigenvalue weighted by molar-refractivity contribution is 4.70. The van der Waals surface area contributed by atoms with E-state index in [-0.39, 0.29) is 0 Å². The summed E-state index contributed by atoms with van der Waals surface area (Å²) < 4.78 is 27.0. The second-order valence-electron chi connectivity index (χ2n) is 4.62. The Morgan fingerprint density at radius 2 is 0.917 bits per heavy atom. The third kappa shape index (κ3) is 4.02. The Balaban J connectivity index is 4.69. The number of nitrogens with zero attached hydrogens (tertiary/aromatic N) is 4. The predicted octanol–water partition coefficient (Wildman–Crippen LogP) is -0.378. The fourth-order valence-corrected chi connectivity index (χ4v) is 1.66. The van der Waals surface area contributed by atoms with Crippen molar-refractivity contribution in [2.45, 2.75) is 49.7 Å². The summed E-state index contributed by atoms with van der Waals surface area (Å²) in [5, 5.41) is 59.7. The van der Waals surface area contributed by atoms with Gasteiger partial charge in [-0.1, -0.05) is 21.6 Å². The van der Waals surface area contributed by atoms with Crippen molar-refractivity contribution in [3.63, 3.8) is 0 Å². The number of halogens is 2. The van der Waals surface area contributed by atoms with E-state index in [1.165, 1.54) is 0 Å². The summed E-state index contributed by atoms with van der Waals surface area (Å²) in [6.07, 6.45) is -8.11. The SMILES string of the molecule is O=[N+]([O-])C(F)(C(O)CCCCC(O)C(F)([N+](=O)[O-])[N+](=O)[O-])[N+](=O)[O-]. The van der Waals surface area contributed by atoms with Crippen LogP contribution in [0.15, 0.2) is 0 Å². The van der Waals surface area contributed by atoms with Crippen LogP contribution < -0.4 is 0 Å². The lowest BCUT2D eigenvalue weighted by Gasteiger charge is -2.15. The summed E-state index contributed by atoms with van der Waals surface area (Å²) in [4.78, 5) is 33.4. The maximum atomic E-state index is 13.5. The first-order valence-corrected chi connectivity index (χ1v) is 6.14. The lowest BCUT2D eigenvalue weighted by molar-refractivity contribution is -0.841. The van der Waals surface area contributed by atoms with Crippen molar-refractivity contribution >= 4 is 0 Å². The molecular weight excluding hydrogens is 350 g/mol. The van der Waals surface area contributed by atoms with E-state index < -0.39 is 69.4 Å². The summed E-state index contributed by atoms with van der Waals surface area (Å²) in [5.41, 5.74) is 0. The summed E-state index contributed by atoms with van der Waals surface area (Å²) >= 11 is 0. The van der Waals surface area contributed by atoms with Gasteiger partial charge in [-0.3, -0.25) is 40.5 Å². The highest BCUT2D eigenvalue weighted by Gasteiger charge is 2.65. The van der Waals surface area contributed by atoms with E-state index in [4.69, 9.17) is 0 Å². The van der Waals surface area contributed by atoms with Crippen LogP contribution in [0.2, 0.25) is 0 Å². The van der Waals surface area contributed by atoms with Crippen molar-refractivity contribution < 1.29 is 38.7 Å². The number of aliphatic hydroxyl groups is 2. The van der Waals surface area contributed by atoms with Crippen LogP contribution in [0.25, 0.3) is 0 Å². The molecule has 0 bridgehead atoms. The Hall–Kier alpha value is -2.62. The van der Waals surface area contributed by atoms with Crippen LogP contribution >= 0.6 is 0 Å². The van der Waals surface area contributed by atoms with E-state index in [1.807, 2.05) is 0 Å². The Bertz CT molecular complexity index is 457. The highest BCUT2D eigenvalue weighted by Crippen LogP contribution is 2.25. The third-order valence-electron chi connectivity index (χ3n) is 3.08. The zero-order chi connectivity index (χ0) is 19.3. The van der Waals surface area contributed by atoms with E-state index >= 15 is 0 Å². The average Bonchev–Trinajstić information content (AvgIpc) is 2.47. The van der Waals surface area contributed by atoms with Crippen LogP contribution in [0.3, 0.4) is 0 Å². The van der Waals surface area contributed by atoms with Gasteiger partial charge in [0.2, 0.25) is 12.2 Å². The highest BCUT2D eigenvalue weighted by atomic mass is 19.2. The maximum absolute atomic E-state index is 13.5. The molecule has 0 radical (unpaired) electrons. The number of aliphatic hydroxyl groups excluding tert-OH is 2. The molecule has 0 amide bonds. The first-order valence-electron chi connectivity index (χ1n) is 6.14. The Kier molecular flexibility index (Phi) is 6.92. The van der Waals surface area contributed by atoms with Gasteiger partial charge in [-0.25, -0.2) is 0 Å². The quantitative estimate of drug-likeness (QED) is 0.160. The molecule has 14 nitrogen and oxygen atoms in total. The summed E-state index contributed by atoms with van der Waals surface area (Å²) in [6, 6.07) is 0. The minimum Gasteiger partial charge on any atom is -0.376 e. The van der Waals surface area contributed by atoms with Gasteiger partial charge in [0, 0.05) is 0 Å². The molecular formula is C8H12F2N4O10. The lowest BCUT2D eigenvalue weighted by Crippen LogP contribution is -2.52. The van der Waals surface area contributed by atoms with Gasteiger partial charge in [0.15, 0.2) is 0 Å². The first-order chi connectivity index (χ1) is 10.8. The van der Waals surface area contributed by atoms with Crippen molar-refractivity contribution in [3.8, 4) is 0 Å². The molecule has 138 valence electrons. The number of rotatable bonds is 11. The number of hydrogen-bond donors (Lipinski definition) is 2. The number of unbranched alkanes of at least 4 members (excludes halogenated alkanes) is 1. The smallest absolute Gasteiger partial charge is 0.376 e. The molecule has 0 spiro atoms. The average molecular weight is 362 g/mol. The molecule has 2 unspecified atom stereocenters. The third-order valence-corrected chi connectivity index (χ3v) is 3.08. The monoisotopic (exact) mass is 362 g/mol. The topological polar surface area (TPSA) is 213 Å². The van der Waals surface area contributed by atoms with Crippen LogP contribution in [0.4, 0.5) is 8.78 Å². The zero-order valence-electron chi connectivity index (χ0n) is 11.7. The maximum Gasteiger partial charge on any atom is 0.640 e. The molecule has 0 aromatic rings. The summed E-state index contributed by atoms with van der Waals surface area (Å²) in [6.45, 7) is 0. The molecule has 24 heavy (non-hydrogen) atoms. The van der Waals surface area contributed by atoms with Gasteiger partial charge < -0.3 is 10.2 Å². The van der Waals surface area contributed by atoms with Crippen molar-refractivity contribution in [1.29, 1.82) is 0 Å². The van der Waals surface area contributed by atoms with E-state index in [9.17, 15) is 59.5 Å². The minimum atomic E-state index is -4.38. The predicted molar refractivity (Wildman–Crippen MR) is 66.1 cm³/mol. The minimum absolute atomic E-state index is 0.475. The molecule has 0 heterocycles. The standard InChI is InChI=1S/C8H12F2N4O10/c9-7(11(17)18,12(19)20)5(15)3-1-2-4-6(16)8(10,13(21)22)14(23)24/h5-6,15-16H,1-4H2. The van der Waals surface area contributed by atoms with Gasteiger partial charge in [0.05, 0.1) is 0 Å². The molecule has 0 saturated heterocycles. The van der Waals surface area contributed by atoms with E-state index in [0.717, 1.165) is 0 Å². The molecule has 0 aromatic heterocycles. The lowest BCUT2D eigenvalue weighted by atomic mass is 10.0. The van der Waals surface area contributed by atoms with Gasteiger partial charge in [0.1, 0.15) is 19.7 Å². The molecule has 2 atom stereocenters. The molecule has 0 aliphatic heterocycles. The van der Waals surface area contributed by atoms with Crippen LogP contribution in [0.5, 0.6) is 0 Å². The fourth-order valence-electron chi connectivity index (χ4n) is 1.66. The largest absolute Gasteiger partial charge is 0.640 e. The van der Waals surface area contributed by atoms with E-state index in [0.29, 0.717) is 0 Å². The Morgan fingerprint density at radius 1 is 0.708 bits per heavy atom. The Morgan fingerprint density at radius 3 is 1.08 bits per heavy atom. The van der Waals surface area contributed by atoms with Crippen LogP contribution in [0.1, 0.15) is 25.7 Å². The van der Waals surface area contributed by atoms with Gasteiger partial charge in [0.25, 0.3) is 0 Å². The van der Waals surface area contributed by atoms with Crippen LogP contribution in [-0.4, -0.2) is 53.9 Å². The fraction of sp³-hybridized carbons (Fsp3) is 1.00. The van der Waals surface area contributed by atoms with Crippen molar-refractivity contribution in [3.05, 3.63) is 40.5 Å². The van der Waals surface area contributed by atoms with Gasteiger partial charge in [-0.05, 0) is 12.8 Å². The Labute approximate surface area is 130 Å². The molecule has 0 saturated carbocycles. The van der Waals surface area contributed by atoms with E-state index in [1.54, 1.807) is 0 Å². The molecule has 0 fully saturated rings. The van der Waals surface area contributed by atoms with Crippen LogP contribution in [0, 0.1) is 40.5 Å². The van der Waals surface area contributed by atoms with Crippen molar-refractivity contribution in [1.82, 2.24) is 0 Å². The number of hydrogen-bond acceptors (Lipinski definition) is 10. The van der Waals surface area contributed by atoms with Crippen molar-refractivity contribution in [2.24, 2.45) is 0 Å². The summed E-state index contributed by atoms with van der Waals surface area (Å²) in [5.74, 6) is -8.77. The first kappa shape index (κ1) is 21.4. The number of nitro groups is 4. The molecule has 16 heteroatoms. The summed E-state index contributed by atoms with van der Waals surface area (Å²) in [7, 11) is 0. The molecule has 0 aliphatic rings.